The zero-order valence-electron chi connectivity index (χ0n) is 18.7. The second-order valence-corrected chi connectivity index (χ2v) is 7.98. The number of benzene rings is 3. The van der Waals surface area contributed by atoms with Crippen molar-refractivity contribution in [2.24, 2.45) is 7.05 Å². The van der Waals surface area contributed by atoms with Gasteiger partial charge in [0, 0.05) is 36.3 Å². The van der Waals surface area contributed by atoms with Crippen molar-refractivity contribution in [3.05, 3.63) is 99.7 Å². The summed E-state index contributed by atoms with van der Waals surface area (Å²) in [5.74, 6) is 4.38. The molecule has 0 aliphatic heterocycles. The minimum absolute atomic E-state index is 0.0943. The number of anilines is 1. The van der Waals surface area contributed by atoms with Crippen LogP contribution in [0.25, 0.3) is 21.9 Å². The Morgan fingerprint density at radius 3 is 2.45 bits per heavy atom. The summed E-state index contributed by atoms with van der Waals surface area (Å²) in [4.78, 5) is 24.7. The zero-order valence-corrected chi connectivity index (χ0v) is 18.7. The van der Waals surface area contributed by atoms with Gasteiger partial charge in [-0.15, -0.1) is 0 Å². The fourth-order valence-electron chi connectivity index (χ4n) is 3.97. The van der Waals surface area contributed by atoms with E-state index in [1.165, 1.54) is 6.07 Å². The van der Waals surface area contributed by atoms with Gasteiger partial charge in [0.05, 0.1) is 0 Å². The van der Waals surface area contributed by atoms with E-state index in [9.17, 15) is 14.0 Å². The van der Waals surface area contributed by atoms with Crippen LogP contribution in [-0.2, 0) is 18.3 Å². The molecule has 4 nitrogen and oxygen atoms in total. The van der Waals surface area contributed by atoms with E-state index < -0.39 is 5.91 Å². The molecule has 164 valence electrons. The van der Waals surface area contributed by atoms with Crippen molar-refractivity contribution < 1.29 is 9.18 Å². The molecule has 0 saturated carbocycles. The number of aryl methyl sites for hydroxylation is 2. The molecular formula is C28H23FN2O2. The second kappa shape index (κ2) is 9.13. The Hall–Kier alpha value is -4.17. The second-order valence-electron chi connectivity index (χ2n) is 7.98. The summed E-state index contributed by atoms with van der Waals surface area (Å²) < 4.78 is 16.2. The number of amides is 1. The van der Waals surface area contributed by atoms with Crippen molar-refractivity contribution in [2.75, 3.05) is 5.32 Å². The van der Waals surface area contributed by atoms with Gasteiger partial charge in [-0.1, -0.05) is 42.3 Å². The maximum Gasteiger partial charge on any atom is 0.300 e. The van der Waals surface area contributed by atoms with Crippen LogP contribution in [0, 0.1) is 24.6 Å². The Morgan fingerprint density at radius 1 is 1.00 bits per heavy atom. The number of nitrogens with zero attached hydrogens (tertiary/aromatic N) is 1. The van der Waals surface area contributed by atoms with Crippen LogP contribution in [0.1, 0.15) is 23.6 Å². The lowest BCUT2D eigenvalue weighted by Crippen LogP contribution is -2.16. The highest BCUT2D eigenvalue weighted by Crippen LogP contribution is 2.33. The lowest BCUT2D eigenvalue weighted by Gasteiger charge is -2.16. The molecular weight excluding hydrogens is 415 g/mol. The largest absolute Gasteiger partial charge is 0.317 e. The molecule has 4 rings (SSSR count). The van der Waals surface area contributed by atoms with Gasteiger partial charge in [0.25, 0.3) is 11.5 Å². The molecule has 0 aliphatic rings. The summed E-state index contributed by atoms with van der Waals surface area (Å²) in [7, 11) is 1.71. The smallest absolute Gasteiger partial charge is 0.300 e. The van der Waals surface area contributed by atoms with E-state index in [0.29, 0.717) is 23.1 Å². The third-order valence-corrected chi connectivity index (χ3v) is 5.58. The van der Waals surface area contributed by atoms with Gasteiger partial charge in [-0.2, -0.15) is 0 Å². The van der Waals surface area contributed by atoms with E-state index in [1.807, 2.05) is 43.3 Å². The minimum Gasteiger partial charge on any atom is -0.317 e. The van der Waals surface area contributed by atoms with Crippen LogP contribution in [-0.4, -0.2) is 10.5 Å². The number of pyridine rings is 1. The first-order chi connectivity index (χ1) is 15.9. The molecule has 0 spiro atoms. The third-order valence-electron chi connectivity index (χ3n) is 5.58. The zero-order chi connectivity index (χ0) is 23.5. The van der Waals surface area contributed by atoms with Crippen LogP contribution in [0.3, 0.4) is 0 Å². The highest BCUT2D eigenvalue weighted by molar-refractivity contribution is 6.04. The molecule has 0 atom stereocenters. The molecule has 0 aliphatic carbocycles. The first-order valence-corrected chi connectivity index (χ1v) is 10.6. The third kappa shape index (κ3) is 4.56. The van der Waals surface area contributed by atoms with Crippen molar-refractivity contribution in [1.29, 1.82) is 0 Å². The molecule has 1 heterocycles. The number of hydrogen-bond acceptors (Lipinski definition) is 2. The molecule has 3 aromatic carbocycles. The van der Waals surface area contributed by atoms with Gasteiger partial charge in [-0.3, -0.25) is 9.59 Å². The molecule has 1 aromatic heterocycles. The topological polar surface area (TPSA) is 51.1 Å². The lowest BCUT2D eigenvalue weighted by atomic mass is 9.92. The average Bonchev–Trinajstić information content (AvgIpc) is 2.79. The fourth-order valence-corrected chi connectivity index (χ4v) is 3.97. The van der Waals surface area contributed by atoms with Crippen LogP contribution in [0.2, 0.25) is 0 Å². The predicted molar refractivity (Wildman–Crippen MR) is 131 cm³/mol. The Morgan fingerprint density at radius 2 is 1.73 bits per heavy atom. The molecule has 33 heavy (non-hydrogen) atoms. The Balaban J connectivity index is 1.93. The van der Waals surface area contributed by atoms with Crippen LogP contribution in [0.15, 0.2) is 71.7 Å². The number of rotatable bonds is 4. The quantitative estimate of drug-likeness (QED) is 0.445. The van der Waals surface area contributed by atoms with Gasteiger partial charge >= 0.3 is 0 Å². The number of carbonyl (C=O) groups is 1. The van der Waals surface area contributed by atoms with Gasteiger partial charge in [-0.05, 0) is 71.7 Å². The molecule has 0 radical (unpaired) electrons. The minimum atomic E-state index is -0.411. The number of carbonyl (C=O) groups excluding carboxylic acids is 1. The van der Waals surface area contributed by atoms with Crippen molar-refractivity contribution in [3.63, 3.8) is 0 Å². The molecule has 0 fully saturated rings. The van der Waals surface area contributed by atoms with Crippen molar-refractivity contribution in [1.82, 2.24) is 4.57 Å². The van der Waals surface area contributed by atoms with E-state index in [0.717, 1.165) is 27.6 Å². The number of fused-ring (bicyclic) bond motifs is 1. The van der Waals surface area contributed by atoms with E-state index in [1.54, 1.807) is 42.9 Å². The van der Waals surface area contributed by atoms with Gasteiger partial charge < -0.3 is 9.88 Å². The molecule has 5 heteroatoms. The van der Waals surface area contributed by atoms with Crippen LogP contribution in [0.5, 0.6) is 0 Å². The Bertz CT molecular complexity index is 1510. The maximum absolute atomic E-state index is 14.7. The molecule has 1 amide bonds. The predicted octanol–water partition coefficient (Wildman–Crippen LogP) is 5.21. The number of nitrogens with one attached hydrogen (secondary N) is 1. The number of hydrogen-bond donors (Lipinski definition) is 1. The summed E-state index contributed by atoms with van der Waals surface area (Å²) in [5.41, 5.74) is 4.42. The van der Waals surface area contributed by atoms with E-state index >= 15 is 0 Å². The van der Waals surface area contributed by atoms with Crippen LogP contribution >= 0.6 is 0 Å². The van der Waals surface area contributed by atoms with Crippen LogP contribution < -0.4 is 10.9 Å². The van der Waals surface area contributed by atoms with Crippen molar-refractivity contribution in [3.8, 4) is 23.0 Å². The van der Waals surface area contributed by atoms with Crippen LogP contribution in [0.4, 0.5) is 10.1 Å². The lowest BCUT2D eigenvalue weighted by molar-refractivity contribution is -0.111. The first-order valence-electron chi connectivity index (χ1n) is 10.6. The monoisotopic (exact) mass is 438 g/mol. The van der Waals surface area contributed by atoms with Gasteiger partial charge in [0.1, 0.15) is 5.82 Å². The summed E-state index contributed by atoms with van der Waals surface area (Å²) in [5, 5.41) is 4.17. The van der Waals surface area contributed by atoms with Crippen molar-refractivity contribution in [2.45, 2.75) is 20.3 Å². The molecule has 0 unspecified atom stereocenters. The summed E-state index contributed by atoms with van der Waals surface area (Å²) in [6, 6.07) is 18.1. The normalized spacial score (nSPS) is 10.5. The highest BCUT2D eigenvalue weighted by atomic mass is 19.1. The SMILES string of the molecule is CC#CC(=O)Nc1ccc(Cc2ccc(C)cc2F)c(-c2cn(C)c(=O)c3ccccc23)c1. The Kier molecular flexibility index (Phi) is 6.10. The van der Waals surface area contributed by atoms with E-state index in [-0.39, 0.29) is 11.4 Å². The van der Waals surface area contributed by atoms with Gasteiger partial charge in [0.2, 0.25) is 0 Å². The fraction of sp³-hybridized carbons (Fsp3) is 0.143. The molecule has 4 aromatic rings. The van der Waals surface area contributed by atoms with Crippen molar-refractivity contribution >= 4 is 22.4 Å². The molecule has 1 N–H and O–H groups in total. The number of aromatic nitrogens is 1. The Labute approximate surface area is 191 Å². The maximum atomic E-state index is 14.7. The van der Waals surface area contributed by atoms with Gasteiger partial charge in [0.15, 0.2) is 0 Å². The number of halogens is 1. The summed E-state index contributed by atoms with van der Waals surface area (Å²) in [6.45, 7) is 3.45. The molecule has 0 bridgehead atoms. The van der Waals surface area contributed by atoms with Gasteiger partial charge in [-0.25, -0.2) is 4.39 Å². The first kappa shape index (κ1) is 22.0. The van der Waals surface area contributed by atoms with E-state index in [2.05, 4.69) is 17.2 Å². The van der Waals surface area contributed by atoms with E-state index in [4.69, 9.17) is 0 Å². The summed E-state index contributed by atoms with van der Waals surface area (Å²) in [6.07, 6.45) is 2.15. The standard InChI is InChI=1S/C28H23FN2O2/c1-4-7-27(32)30-21-13-12-19(15-20-11-10-18(2)14-26(20)29)24(16-21)25-17-31(3)28(33)23-9-6-5-8-22(23)25/h5-6,8-14,16-17H,15H2,1-3H3,(H,30,32). The highest BCUT2D eigenvalue weighted by Gasteiger charge is 2.15. The average molecular weight is 439 g/mol. The summed E-state index contributed by atoms with van der Waals surface area (Å²) >= 11 is 0. The molecule has 0 saturated heterocycles.